The van der Waals surface area contributed by atoms with Gasteiger partial charge < -0.3 is 19.5 Å². The molecule has 0 bridgehead atoms. The normalized spacial score (nSPS) is 11.7. The number of rotatable bonds is 11. The molecule has 1 atom stereocenters. The molecule has 2 rings (SSSR count). The molecule has 1 unspecified atom stereocenters. The summed E-state index contributed by atoms with van der Waals surface area (Å²) in [6, 6.07) is 15.7. The van der Waals surface area contributed by atoms with Gasteiger partial charge in [-0.05, 0) is 50.5 Å². The van der Waals surface area contributed by atoms with E-state index >= 15 is 0 Å². The number of hydrogen-bond acceptors (Lipinski definition) is 4. The SMILES string of the molecule is CCOc1ccc(CCNC(=O)C(C)OCc2ccccc2)cc1OCC. The zero-order chi connectivity index (χ0) is 19.5. The lowest BCUT2D eigenvalue weighted by molar-refractivity contribution is -0.132. The van der Waals surface area contributed by atoms with Gasteiger partial charge in [0.2, 0.25) is 5.91 Å². The molecule has 0 radical (unpaired) electrons. The Balaban J connectivity index is 1.79. The first kappa shape index (κ1) is 20.8. The lowest BCUT2D eigenvalue weighted by Crippen LogP contribution is -2.35. The summed E-state index contributed by atoms with van der Waals surface area (Å²) < 4.78 is 16.8. The molecule has 2 aromatic rings. The number of carbonyl (C=O) groups is 1. The summed E-state index contributed by atoms with van der Waals surface area (Å²) in [5, 5.41) is 2.92. The Morgan fingerprint density at radius 3 is 2.37 bits per heavy atom. The summed E-state index contributed by atoms with van der Waals surface area (Å²) >= 11 is 0. The average molecular weight is 371 g/mol. The monoisotopic (exact) mass is 371 g/mol. The van der Waals surface area contributed by atoms with Crippen molar-refractivity contribution in [1.82, 2.24) is 5.32 Å². The summed E-state index contributed by atoms with van der Waals surface area (Å²) in [4.78, 5) is 12.2. The fourth-order valence-electron chi connectivity index (χ4n) is 2.60. The van der Waals surface area contributed by atoms with Crippen LogP contribution >= 0.6 is 0 Å². The molecular formula is C22H29NO4. The van der Waals surface area contributed by atoms with Crippen molar-refractivity contribution in [3.63, 3.8) is 0 Å². The molecule has 0 fully saturated rings. The zero-order valence-corrected chi connectivity index (χ0v) is 16.4. The number of amides is 1. The molecular weight excluding hydrogens is 342 g/mol. The van der Waals surface area contributed by atoms with Gasteiger partial charge in [-0.3, -0.25) is 4.79 Å². The van der Waals surface area contributed by atoms with Gasteiger partial charge in [0.1, 0.15) is 6.10 Å². The first-order chi connectivity index (χ1) is 13.1. The van der Waals surface area contributed by atoms with Gasteiger partial charge in [0.05, 0.1) is 19.8 Å². The van der Waals surface area contributed by atoms with Crippen LogP contribution in [0.15, 0.2) is 48.5 Å². The van der Waals surface area contributed by atoms with Crippen molar-refractivity contribution in [2.24, 2.45) is 0 Å². The van der Waals surface area contributed by atoms with Crippen LogP contribution in [0, 0.1) is 0 Å². The van der Waals surface area contributed by atoms with Gasteiger partial charge in [-0.25, -0.2) is 0 Å². The summed E-state index contributed by atoms with van der Waals surface area (Å²) in [6.07, 6.45) is 0.216. The Labute approximate surface area is 161 Å². The number of nitrogens with one attached hydrogen (secondary N) is 1. The first-order valence-electron chi connectivity index (χ1n) is 9.45. The number of hydrogen-bond donors (Lipinski definition) is 1. The van der Waals surface area contributed by atoms with E-state index in [2.05, 4.69) is 5.32 Å². The smallest absolute Gasteiger partial charge is 0.248 e. The number of carbonyl (C=O) groups excluding carboxylic acids is 1. The van der Waals surface area contributed by atoms with Crippen molar-refractivity contribution in [3.05, 3.63) is 59.7 Å². The van der Waals surface area contributed by atoms with E-state index in [-0.39, 0.29) is 5.91 Å². The van der Waals surface area contributed by atoms with Crippen molar-refractivity contribution in [2.45, 2.75) is 39.9 Å². The predicted octanol–water partition coefficient (Wildman–Crippen LogP) is 3.75. The molecule has 0 saturated carbocycles. The maximum atomic E-state index is 12.2. The molecule has 0 aromatic heterocycles. The minimum Gasteiger partial charge on any atom is -0.490 e. The Kier molecular flexibility index (Phi) is 8.65. The Morgan fingerprint density at radius 2 is 1.67 bits per heavy atom. The second-order valence-corrected chi connectivity index (χ2v) is 6.13. The first-order valence-corrected chi connectivity index (χ1v) is 9.45. The van der Waals surface area contributed by atoms with Gasteiger partial charge >= 0.3 is 0 Å². The van der Waals surface area contributed by atoms with Crippen LogP contribution in [0.1, 0.15) is 31.9 Å². The molecule has 0 aliphatic rings. The summed E-state index contributed by atoms with van der Waals surface area (Å²) in [5.74, 6) is 1.37. The van der Waals surface area contributed by atoms with Gasteiger partial charge in [-0.2, -0.15) is 0 Å². The lowest BCUT2D eigenvalue weighted by Gasteiger charge is -2.14. The van der Waals surface area contributed by atoms with Crippen LogP contribution in [0.3, 0.4) is 0 Å². The highest BCUT2D eigenvalue weighted by molar-refractivity contribution is 5.80. The fraction of sp³-hybridized carbons (Fsp3) is 0.409. The zero-order valence-electron chi connectivity index (χ0n) is 16.4. The van der Waals surface area contributed by atoms with Crippen molar-refractivity contribution in [2.75, 3.05) is 19.8 Å². The van der Waals surface area contributed by atoms with E-state index in [1.165, 1.54) is 0 Å². The maximum Gasteiger partial charge on any atom is 0.248 e. The van der Waals surface area contributed by atoms with Crippen molar-refractivity contribution in [1.29, 1.82) is 0 Å². The second kappa shape index (κ2) is 11.2. The van der Waals surface area contributed by atoms with E-state index in [1.807, 2.05) is 62.4 Å². The summed E-state index contributed by atoms with van der Waals surface area (Å²) in [7, 11) is 0. The molecule has 0 heterocycles. The number of benzene rings is 2. The van der Waals surface area contributed by atoms with Crippen LogP contribution in [0.2, 0.25) is 0 Å². The Morgan fingerprint density at radius 1 is 0.963 bits per heavy atom. The van der Waals surface area contributed by atoms with Gasteiger partial charge in [-0.1, -0.05) is 36.4 Å². The predicted molar refractivity (Wildman–Crippen MR) is 106 cm³/mol. The largest absolute Gasteiger partial charge is 0.490 e. The van der Waals surface area contributed by atoms with Gasteiger partial charge in [-0.15, -0.1) is 0 Å². The molecule has 0 spiro atoms. The number of ether oxygens (including phenoxy) is 3. The van der Waals surface area contributed by atoms with E-state index in [4.69, 9.17) is 14.2 Å². The van der Waals surface area contributed by atoms with E-state index < -0.39 is 6.10 Å². The Hall–Kier alpha value is -2.53. The topological polar surface area (TPSA) is 56.8 Å². The molecule has 0 saturated heterocycles. The molecule has 1 amide bonds. The quantitative estimate of drug-likeness (QED) is 0.654. The highest BCUT2D eigenvalue weighted by atomic mass is 16.5. The summed E-state index contributed by atoms with van der Waals surface area (Å²) in [6.45, 7) is 7.79. The van der Waals surface area contributed by atoms with Crippen molar-refractivity contribution in [3.8, 4) is 11.5 Å². The molecule has 2 aromatic carbocycles. The molecule has 0 aliphatic heterocycles. The molecule has 0 aliphatic carbocycles. The highest BCUT2D eigenvalue weighted by Gasteiger charge is 2.13. The fourth-order valence-corrected chi connectivity index (χ4v) is 2.60. The van der Waals surface area contributed by atoms with Crippen molar-refractivity contribution >= 4 is 5.91 Å². The van der Waals surface area contributed by atoms with Crippen LogP contribution < -0.4 is 14.8 Å². The molecule has 5 heteroatoms. The van der Waals surface area contributed by atoms with Gasteiger partial charge in [0, 0.05) is 6.54 Å². The third kappa shape index (κ3) is 6.94. The third-order valence-corrected chi connectivity index (χ3v) is 4.03. The Bertz CT molecular complexity index is 703. The molecule has 5 nitrogen and oxygen atoms in total. The molecule has 146 valence electrons. The van der Waals surface area contributed by atoms with E-state index in [0.29, 0.717) is 32.8 Å². The lowest BCUT2D eigenvalue weighted by atomic mass is 10.1. The van der Waals surface area contributed by atoms with Crippen molar-refractivity contribution < 1.29 is 19.0 Å². The minimum absolute atomic E-state index is 0.109. The molecule has 1 N–H and O–H groups in total. The van der Waals surface area contributed by atoms with Crippen LogP contribution in [0.4, 0.5) is 0 Å². The maximum absolute atomic E-state index is 12.2. The standard InChI is InChI=1S/C22H29NO4/c1-4-25-20-12-11-18(15-21(20)26-5-2)13-14-23-22(24)17(3)27-16-19-9-7-6-8-10-19/h6-12,15,17H,4-5,13-14,16H2,1-3H3,(H,23,24). The van der Waals surface area contributed by atoms with Crippen LogP contribution in [0.5, 0.6) is 11.5 Å². The highest BCUT2D eigenvalue weighted by Crippen LogP contribution is 2.28. The van der Waals surface area contributed by atoms with E-state index in [0.717, 1.165) is 22.6 Å². The van der Waals surface area contributed by atoms with E-state index in [1.54, 1.807) is 6.92 Å². The third-order valence-electron chi connectivity index (χ3n) is 4.03. The second-order valence-electron chi connectivity index (χ2n) is 6.13. The van der Waals surface area contributed by atoms with Gasteiger partial charge in [0.25, 0.3) is 0 Å². The van der Waals surface area contributed by atoms with E-state index in [9.17, 15) is 4.79 Å². The van der Waals surface area contributed by atoms with Crippen LogP contribution in [-0.4, -0.2) is 31.8 Å². The summed E-state index contributed by atoms with van der Waals surface area (Å²) in [5.41, 5.74) is 2.13. The average Bonchev–Trinajstić information content (AvgIpc) is 2.69. The minimum atomic E-state index is -0.496. The van der Waals surface area contributed by atoms with Gasteiger partial charge in [0.15, 0.2) is 11.5 Å². The molecule has 27 heavy (non-hydrogen) atoms. The van der Waals surface area contributed by atoms with Crippen LogP contribution in [0.25, 0.3) is 0 Å². The van der Waals surface area contributed by atoms with Crippen LogP contribution in [-0.2, 0) is 22.6 Å².